The van der Waals surface area contributed by atoms with Crippen molar-refractivity contribution in [2.24, 2.45) is 7.05 Å². The number of ether oxygens (including phenoxy) is 2. The summed E-state index contributed by atoms with van der Waals surface area (Å²) >= 11 is 0. The van der Waals surface area contributed by atoms with E-state index in [9.17, 15) is 14.4 Å². The van der Waals surface area contributed by atoms with Crippen molar-refractivity contribution in [2.45, 2.75) is 0 Å². The predicted molar refractivity (Wildman–Crippen MR) is 103 cm³/mol. The molecule has 0 atom stereocenters. The highest BCUT2D eigenvalue weighted by molar-refractivity contribution is 6.03. The van der Waals surface area contributed by atoms with Crippen molar-refractivity contribution in [3.63, 3.8) is 0 Å². The van der Waals surface area contributed by atoms with E-state index in [-0.39, 0.29) is 0 Å². The minimum atomic E-state index is -0.809. The third-order valence-corrected chi connectivity index (χ3v) is 4.05. The minimum absolute atomic E-state index is 0.299. The Morgan fingerprint density at radius 2 is 1.75 bits per heavy atom. The Balaban J connectivity index is 2.07. The Morgan fingerprint density at radius 3 is 2.39 bits per heavy atom. The van der Waals surface area contributed by atoms with Crippen LogP contribution in [0.1, 0.15) is 10.5 Å². The summed E-state index contributed by atoms with van der Waals surface area (Å²) in [5.74, 6) is 0.0883. The van der Waals surface area contributed by atoms with E-state index in [1.54, 1.807) is 48.5 Å². The second kappa shape index (κ2) is 7.78. The first-order valence-corrected chi connectivity index (χ1v) is 8.25. The van der Waals surface area contributed by atoms with E-state index in [0.717, 1.165) is 9.25 Å². The third kappa shape index (κ3) is 3.50. The summed E-state index contributed by atoms with van der Waals surface area (Å²) in [6.07, 6.45) is 0. The summed E-state index contributed by atoms with van der Waals surface area (Å²) in [5.41, 5.74) is -1.18. The molecule has 0 aliphatic rings. The minimum Gasteiger partial charge on any atom is -0.497 e. The number of benzene rings is 2. The summed E-state index contributed by atoms with van der Waals surface area (Å²) in [4.78, 5) is 37.6. The Morgan fingerprint density at radius 1 is 1.04 bits per heavy atom. The van der Waals surface area contributed by atoms with Gasteiger partial charge < -0.3 is 14.8 Å². The number of methoxy groups -OCH3 is 2. The number of rotatable bonds is 5. The fourth-order valence-electron chi connectivity index (χ4n) is 2.55. The predicted octanol–water partition coefficient (Wildman–Crippen LogP) is 1.20. The molecule has 0 saturated carbocycles. The lowest BCUT2D eigenvalue weighted by Gasteiger charge is -2.12. The maximum atomic E-state index is 12.8. The summed E-state index contributed by atoms with van der Waals surface area (Å²) in [6.45, 7) is 0. The number of aromatic nitrogens is 3. The van der Waals surface area contributed by atoms with E-state index >= 15 is 0 Å². The first-order chi connectivity index (χ1) is 13.5. The molecular weight excluding hydrogens is 364 g/mol. The lowest BCUT2D eigenvalue weighted by molar-refractivity contribution is 0.101. The smallest absolute Gasteiger partial charge is 0.351 e. The maximum Gasteiger partial charge on any atom is 0.351 e. The van der Waals surface area contributed by atoms with E-state index in [0.29, 0.717) is 22.9 Å². The molecule has 0 radical (unpaired) electrons. The number of nitrogens with zero attached hydrogens (tertiary/aromatic N) is 3. The molecule has 0 spiro atoms. The highest BCUT2D eigenvalue weighted by Gasteiger charge is 2.20. The van der Waals surface area contributed by atoms with Gasteiger partial charge in [0.05, 0.1) is 25.6 Å². The van der Waals surface area contributed by atoms with Crippen LogP contribution < -0.4 is 26.0 Å². The number of amides is 1. The number of hydrogen-bond donors (Lipinski definition) is 1. The molecule has 2 aromatic carbocycles. The van der Waals surface area contributed by atoms with Crippen LogP contribution in [0.25, 0.3) is 5.69 Å². The molecule has 3 rings (SSSR count). The lowest BCUT2D eigenvalue weighted by atomic mass is 10.2. The molecule has 1 aromatic heterocycles. The van der Waals surface area contributed by atoms with Crippen LogP contribution in [0.4, 0.5) is 5.69 Å². The van der Waals surface area contributed by atoms with Gasteiger partial charge in [0.15, 0.2) is 0 Å². The maximum absolute atomic E-state index is 12.8. The van der Waals surface area contributed by atoms with Gasteiger partial charge in [-0.2, -0.15) is 9.78 Å². The summed E-state index contributed by atoms with van der Waals surface area (Å²) in [5, 5.41) is 6.57. The molecule has 0 unspecified atom stereocenters. The third-order valence-electron chi connectivity index (χ3n) is 4.05. The van der Waals surface area contributed by atoms with Crippen molar-refractivity contribution in [2.75, 3.05) is 19.5 Å². The Bertz CT molecular complexity index is 1140. The number of anilines is 1. The molecular formula is C19H18N4O5. The van der Waals surface area contributed by atoms with E-state index < -0.39 is 22.9 Å². The Labute approximate surface area is 159 Å². The summed E-state index contributed by atoms with van der Waals surface area (Å²) in [7, 11) is 4.22. The molecule has 144 valence electrons. The lowest BCUT2D eigenvalue weighted by Crippen LogP contribution is -2.43. The molecule has 9 nitrogen and oxygen atoms in total. The van der Waals surface area contributed by atoms with Crippen molar-refractivity contribution in [3.8, 4) is 17.2 Å². The average Bonchev–Trinajstić information content (AvgIpc) is 2.72. The van der Waals surface area contributed by atoms with Crippen molar-refractivity contribution >= 4 is 11.6 Å². The highest BCUT2D eigenvalue weighted by atomic mass is 16.5. The molecule has 0 aliphatic heterocycles. The molecule has 0 aliphatic carbocycles. The van der Waals surface area contributed by atoms with Crippen LogP contribution >= 0.6 is 0 Å². The second-order valence-electron chi connectivity index (χ2n) is 5.76. The Hall–Kier alpha value is -3.88. The number of para-hydroxylation sites is 1. The van der Waals surface area contributed by atoms with E-state index in [1.165, 1.54) is 21.3 Å². The fraction of sp³-hybridized carbons (Fsp3) is 0.158. The zero-order valence-electron chi connectivity index (χ0n) is 15.5. The van der Waals surface area contributed by atoms with Crippen LogP contribution in [0.3, 0.4) is 0 Å². The summed E-state index contributed by atoms with van der Waals surface area (Å²) < 4.78 is 12.2. The quantitative estimate of drug-likeness (QED) is 0.711. The average molecular weight is 382 g/mol. The van der Waals surface area contributed by atoms with Crippen molar-refractivity contribution in [1.29, 1.82) is 0 Å². The fourth-order valence-corrected chi connectivity index (χ4v) is 2.55. The van der Waals surface area contributed by atoms with E-state index in [2.05, 4.69) is 10.4 Å². The van der Waals surface area contributed by atoms with Gasteiger partial charge in [-0.25, -0.2) is 4.79 Å². The van der Waals surface area contributed by atoms with Crippen LogP contribution in [0.5, 0.6) is 11.5 Å². The second-order valence-corrected chi connectivity index (χ2v) is 5.76. The van der Waals surface area contributed by atoms with Crippen LogP contribution in [0.15, 0.2) is 58.1 Å². The highest BCUT2D eigenvalue weighted by Crippen LogP contribution is 2.29. The van der Waals surface area contributed by atoms with E-state index in [1.807, 2.05) is 0 Å². The van der Waals surface area contributed by atoms with Gasteiger partial charge in [0.2, 0.25) is 5.69 Å². The number of hydrogen-bond acceptors (Lipinski definition) is 6. The first-order valence-electron chi connectivity index (χ1n) is 8.25. The number of carbonyl (C=O) groups excluding carboxylic acids is 1. The van der Waals surface area contributed by atoms with Gasteiger partial charge in [0.25, 0.3) is 11.5 Å². The topological polar surface area (TPSA) is 104 Å². The number of carbonyl (C=O) groups is 1. The standard InChI is InChI=1S/C19H18N4O5/c1-22-18(25)16(21-23(19(22)26)12-7-5-4-6-8-12)17(24)20-14-11-13(27-2)9-10-15(14)28-3/h4-11H,1-3H3,(H,20,24). The first kappa shape index (κ1) is 18.9. The monoisotopic (exact) mass is 382 g/mol. The van der Waals surface area contributed by atoms with Crippen molar-refractivity contribution in [3.05, 3.63) is 75.1 Å². The SMILES string of the molecule is COc1ccc(OC)c(NC(=O)c2nn(-c3ccccc3)c(=O)n(C)c2=O)c1. The van der Waals surface area contributed by atoms with Gasteiger partial charge in [-0.1, -0.05) is 18.2 Å². The molecule has 1 amide bonds. The number of nitrogens with one attached hydrogen (secondary N) is 1. The van der Waals surface area contributed by atoms with Crippen LogP contribution in [0.2, 0.25) is 0 Å². The van der Waals surface area contributed by atoms with Gasteiger partial charge in [0.1, 0.15) is 11.5 Å². The molecule has 0 fully saturated rings. The van der Waals surface area contributed by atoms with Gasteiger partial charge in [-0.05, 0) is 24.3 Å². The van der Waals surface area contributed by atoms with Gasteiger partial charge in [-0.3, -0.25) is 14.2 Å². The van der Waals surface area contributed by atoms with Gasteiger partial charge in [0, 0.05) is 13.1 Å². The normalized spacial score (nSPS) is 10.4. The molecule has 9 heteroatoms. The molecule has 0 bridgehead atoms. The summed E-state index contributed by atoms with van der Waals surface area (Å²) in [6, 6.07) is 13.3. The van der Waals surface area contributed by atoms with E-state index in [4.69, 9.17) is 9.47 Å². The largest absolute Gasteiger partial charge is 0.497 e. The molecule has 28 heavy (non-hydrogen) atoms. The molecule has 0 saturated heterocycles. The van der Waals surface area contributed by atoms with Gasteiger partial charge >= 0.3 is 5.69 Å². The van der Waals surface area contributed by atoms with Crippen molar-refractivity contribution in [1.82, 2.24) is 14.3 Å². The van der Waals surface area contributed by atoms with Crippen molar-refractivity contribution < 1.29 is 14.3 Å². The van der Waals surface area contributed by atoms with Crippen LogP contribution in [-0.4, -0.2) is 34.5 Å². The van der Waals surface area contributed by atoms with Crippen LogP contribution in [-0.2, 0) is 7.05 Å². The zero-order valence-corrected chi connectivity index (χ0v) is 15.5. The molecule has 1 N–H and O–H groups in total. The molecule has 3 aromatic rings. The Kier molecular flexibility index (Phi) is 5.25. The van der Waals surface area contributed by atoms with Crippen LogP contribution in [0, 0.1) is 0 Å². The molecule has 1 heterocycles. The van der Waals surface area contributed by atoms with Gasteiger partial charge in [-0.15, -0.1) is 0 Å². The zero-order chi connectivity index (χ0) is 20.3.